The zero-order chi connectivity index (χ0) is 14.0. The molecule has 0 saturated carbocycles. The zero-order valence-corrected chi connectivity index (χ0v) is 11.5. The minimum Gasteiger partial charge on any atom is -0.397 e. The Kier molecular flexibility index (Phi) is 3.75. The first-order valence-electron chi connectivity index (χ1n) is 6.63. The lowest BCUT2D eigenvalue weighted by atomic mass is 9.98. The summed E-state index contributed by atoms with van der Waals surface area (Å²) >= 11 is 0. The molecule has 0 aliphatic carbocycles. The Morgan fingerprint density at radius 1 is 1.47 bits per heavy atom. The Morgan fingerprint density at radius 2 is 2.21 bits per heavy atom. The fraction of sp³-hybridized carbons (Fsp3) is 0.571. The number of nitrogens with zero attached hydrogens (tertiary/aromatic N) is 2. The monoisotopic (exact) mass is 263 g/mol. The molecular formula is C14H21N3O2. The number of aromatic nitrogens is 1. The minimum absolute atomic E-state index is 0.0463. The molecule has 0 radical (unpaired) electrons. The number of carbonyl (C=O) groups excluding carboxylic acids is 1. The Morgan fingerprint density at radius 3 is 2.95 bits per heavy atom. The van der Waals surface area contributed by atoms with Crippen LogP contribution in [0.5, 0.6) is 0 Å². The Labute approximate surface area is 113 Å². The van der Waals surface area contributed by atoms with Crippen molar-refractivity contribution < 1.29 is 9.90 Å². The first kappa shape index (κ1) is 13.8. The van der Waals surface area contributed by atoms with Gasteiger partial charge in [0.15, 0.2) is 0 Å². The van der Waals surface area contributed by atoms with Crippen molar-refractivity contribution in [1.82, 2.24) is 9.88 Å². The normalized spacial score (nSPS) is 24.1. The van der Waals surface area contributed by atoms with Gasteiger partial charge in [-0.3, -0.25) is 9.78 Å². The van der Waals surface area contributed by atoms with Gasteiger partial charge in [0, 0.05) is 13.1 Å². The summed E-state index contributed by atoms with van der Waals surface area (Å²) in [7, 11) is 0. The molecule has 1 unspecified atom stereocenters. The van der Waals surface area contributed by atoms with Crippen LogP contribution in [-0.2, 0) is 0 Å². The molecule has 19 heavy (non-hydrogen) atoms. The molecule has 104 valence electrons. The second kappa shape index (κ2) is 5.17. The van der Waals surface area contributed by atoms with E-state index in [9.17, 15) is 9.90 Å². The van der Waals surface area contributed by atoms with E-state index in [0.717, 1.165) is 12.8 Å². The molecule has 1 aliphatic heterocycles. The van der Waals surface area contributed by atoms with Crippen LogP contribution in [0.4, 0.5) is 5.69 Å². The minimum atomic E-state index is -0.669. The highest BCUT2D eigenvalue weighted by molar-refractivity contribution is 5.96. The fourth-order valence-corrected chi connectivity index (χ4v) is 2.40. The number of anilines is 1. The van der Waals surface area contributed by atoms with Crippen LogP contribution in [0, 0.1) is 6.92 Å². The average molecular weight is 263 g/mol. The van der Waals surface area contributed by atoms with Gasteiger partial charge in [-0.25, -0.2) is 0 Å². The second-order valence-electron chi connectivity index (χ2n) is 5.54. The van der Waals surface area contributed by atoms with Crippen molar-refractivity contribution in [2.75, 3.05) is 18.8 Å². The van der Waals surface area contributed by atoms with E-state index in [0.29, 0.717) is 36.5 Å². The highest BCUT2D eigenvalue weighted by Gasteiger charge is 2.28. The number of likely N-dealkylation sites (tertiary alicyclic amines) is 1. The molecule has 1 aromatic heterocycles. The van der Waals surface area contributed by atoms with Gasteiger partial charge in [-0.15, -0.1) is 0 Å². The molecule has 1 saturated heterocycles. The van der Waals surface area contributed by atoms with Crippen LogP contribution in [0.1, 0.15) is 42.2 Å². The van der Waals surface area contributed by atoms with E-state index in [1.165, 1.54) is 0 Å². The van der Waals surface area contributed by atoms with Crippen LogP contribution in [0.3, 0.4) is 0 Å². The number of hydrogen-bond acceptors (Lipinski definition) is 4. The van der Waals surface area contributed by atoms with E-state index in [4.69, 9.17) is 5.73 Å². The molecule has 1 amide bonds. The molecule has 3 N–H and O–H groups in total. The molecule has 1 atom stereocenters. The Balaban J connectivity index is 2.17. The van der Waals surface area contributed by atoms with E-state index in [2.05, 4.69) is 4.98 Å². The van der Waals surface area contributed by atoms with Gasteiger partial charge in [0.25, 0.3) is 5.91 Å². The van der Waals surface area contributed by atoms with Gasteiger partial charge < -0.3 is 15.7 Å². The quantitative estimate of drug-likeness (QED) is 0.801. The van der Waals surface area contributed by atoms with Crippen LogP contribution in [0.2, 0.25) is 0 Å². The number of rotatable bonds is 1. The van der Waals surface area contributed by atoms with Gasteiger partial charge in [0.2, 0.25) is 0 Å². The van der Waals surface area contributed by atoms with Crippen molar-refractivity contribution in [1.29, 1.82) is 0 Å². The Bertz CT molecular complexity index is 486. The molecule has 5 nitrogen and oxygen atoms in total. The number of nitrogen functional groups attached to an aromatic ring is 1. The predicted molar refractivity (Wildman–Crippen MR) is 73.8 cm³/mol. The number of hydrogen-bond donors (Lipinski definition) is 2. The summed E-state index contributed by atoms with van der Waals surface area (Å²) < 4.78 is 0. The molecular weight excluding hydrogens is 242 g/mol. The van der Waals surface area contributed by atoms with E-state index < -0.39 is 5.60 Å². The summed E-state index contributed by atoms with van der Waals surface area (Å²) in [6, 6.07) is 1.67. The van der Waals surface area contributed by atoms with Crippen molar-refractivity contribution in [3.63, 3.8) is 0 Å². The maximum atomic E-state index is 12.5. The molecule has 0 bridgehead atoms. The molecule has 1 aliphatic rings. The third-order valence-electron chi connectivity index (χ3n) is 3.69. The molecule has 0 spiro atoms. The first-order valence-corrected chi connectivity index (χ1v) is 6.63. The van der Waals surface area contributed by atoms with Crippen molar-refractivity contribution in [2.24, 2.45) is 0 Å². The number of aryl methyl sites for hydroxylation is 1. The lowest BCUT2D eigenvalue weighted by Crippen LogP contribution is -2.34. The van der Waals surface area contributed by atoms with Crippen LogP contribution in [0.25, 0.3) is 0 Å². The van der Waals surface area contributed by atoms with E-state index in [-0.39, 0.29) is 5.91 Å². The number of nitrogens with two attached hydrogens (primary N) is 1. The maximum Gasteiger partial charge on any atom is 0.255 e. The zero-order valence-electron chi connectivity index (χ0n) is 11.5. The van der Waals surface area contributed by atoms with Gasteiger partial charge >= 0.3 is 0 Å². The topological polar surface area (TPSA) is 79.5 Å². The molecule has 2 heterocycles. The molecule has 1 fully saturated rings. The molecule has 5 heteroatoms. The average Bonchev–Trinajstić information content (AvgIpc) is 2.52. The second-order valence-corrected chi connectivity index (χ2v) is 5.54. The van der Waals surface area contributed by atoms with Gasteiger partial charge in [-0.2, -0.15) is 0 Å². The third kappa shape index (κ3) is 3.23. The van der Waals surface area contributed by atoms with Gasteiger partial charge in [-0.1, -0.05) is 0 Å². The summed E-state index contributed by atoms with van der Waals surface area (Å²) in [5.74, 6) is -0.0463. The van der Waals surface area contributed by atoms with E-state index in [1.807, 2.05) is 6.92 Å². The van der Waals surface area contributed by atoms with Gasteiger partial charge in [-0.05, 0) is 39.2 Å². The van der Waals surface area contributed by atoms with Crippen LogP contribution in [-0.4, -0.2) is 39.6 Å². The lowest BCUT2D eigenvalue weighted by Gasteiger charge is -2.23. The molecule has 2 rings (SSSR count). The molecule has 1 aromatic rings. The largest absolute Gasteiger partial charge is 0.397 e. The standard InChI is InChI=1S/C14H21N3O2/c1-10-12(8-11(15)9-16-10)13(18)17-6-3-4-14(2,19)5-7-17/h8-9,19H,3-7,15H2,1-2H3. The summed E-state index contributed by atoms with van der Waals surface area (Å²) in [6.07, 6.45) is 3.70. The van der Waals surface area contributed by atoms with Crippen molar-refractivity contribution in [3.05, 3.63) is 23.5 Å². The van der Waals surface area contributed by atoms with Gasteiger partial charge in [0.05, 0.1) is 28.7 Å². The molecule has 0 aromatic carbocycles. The van der Waals surface area contributed by atoms with E-state index in [1.54, 1.807) is 24.1 Å². The number of pyridine rings is 1. The van der Waals surface area contributed by atoms with Crippen molar-refractivity contribution in [3.8, 4) is 0 Å². The van der Waals surface area contributed by atoms with Crippen LogP contribution >= 0.6 is 0 Å². The fourth-order valence-electron chi connectivity index (χ4n) is 2.40. The highest BCUT2D eigenvalue weighted by atomic mass is 16.3. The summed E-state index contributed by atoms with van der Waals surface area (Å²) in [4.78, 5) is 18.4. The predicted octanol–water partition coefficient (Wildman–Crippen LogP) is 1.35. The first-order chi connectivity index (χ1) is 8.89. The van der Waals surface area contributed by atoms with E-state index >= 15 is 0 Å². The van der Waals surface area contributed by atoms with Gasteiger partial charge in [0.1, 0.15) is 0 Å². The maximum absolute atomic E-state index is 12.5. The Hall–Kier alpha value is -1.62. The SMILES string of the molecule is Cc1ncc(N)cc1C(=O)N1CCCC(C)(O)CC1. The summed E-state index contributed by atoms with van der Waals surface area (Å²) in [6.45, 7) is 4.87. The summed E-state index contributed by atoms with van der Waals surface area (Å²) in [5.41, 5.74) is 6.77. The van der Waals surface area contributed by atoms with Crippen molar-refractivity contribution in [2.45, 2.75) is 38.7 Å². The lowest BCUT2D eigenvalue weighted by molar-refractivity contribution is 0.0438. The number of aliphatic hydroxyl groups is 1. The number of amides is 1. The number of carbonyl (C=O) groups is 1. The van der Waals surface area contributed by atoms with Crippen molar-refractivity contribution >= 4 is 11.6 Å². The smallest absolute Gasteiger partial charge is 0.255 e. The third-order valence-corrected chi connectivity index (χ3v) is 3.69. The summed E-state index contributed by atoms with van der Waals surface area (Å²) in [5, 5.41) is 10.1. The highest BCUT2D eigenvalue weighted by Crippen LogP contribution is 2.23. The van der Waals surface area contributed by atoms with Crippen LogP contribution in [0.15, 0.2) is 12.3 Å². The van der Waals surface area contributed by atoms with Crippen LogP contribution < -0.4 is 5.73 Å².